The number of fused-ring (bicyclic) bond motifs is 1. The van der Waals surface area contributed by atoms with Gasteiger partial charge in [-0.1, -0.05) is 31.0 Å². The number of imidazole rings is 1. The average Bonchev–Trinajstić information content (AvgIpc) is 2.96. The Hall–Kier alpha value is -1.38. The Balaban J connectivity index is 1.66. The summed E-state index contributed by atoms with van der Waals surface area (Å²) in [5.41, 5.74) is 1.61. The Morgan fingerprint density at radius 1 is 1.10 bits per heavy atom. The predicted molar refractivity (Wildman–Crippen MR) is 116 cm³/mol. The van der Waals surface area contributed by atoms with Crippen LogP contribution in [0.3, 0.4) is 0 Å². The zero-order valence-electron chi connectivity index (χ0n) is 17.0. The van der Waals surface area contributed by atoms with E-state index in [0.717, 1.165) is 62.2 Å². The monoisotopic (exact) mass is 435 g/mol. The molecule has 1 saturated carbocycles. The van der Waals surface area contributed by atoms with Gasteiger partial charge in [-0.3, -0.25) is 4.79 Å². The first-order valence-corrected chi connectivity index (χ1v) is 13.0. The average molecular weight is 436 g/mol. The Morgan fingerprint density at radius 3 is 2.62 bits per heavy atom. The molecule has 2 aliphatic rings. The fourth-order valence-corrected chi connectivity index (χ4v) is 7.11. The maximum Gasteiger partial charge on any atom is 0.243 e. The summed E-state index contributed by atoms with van der Waals surface area (Å²) in [6.45, 7) is 3.97. The molecule has 0 unspecified atom stereocenters. The van der Waals surface area contributed by atoms with E-state index >= 15 is 0 Å². The molecule has 6 nitrogen and oxygen atoms in total. The van der Waals surface area contributed by atoms with Crippen molar-refractivity contribution >= 4 is 38.6 Å². The van der Waals surface area contributed by atoms with Gasteiger partial charge in [0.1, 0.15) is 5.78 Å². The lowest BCUT2D eigenvalue weighted by Crippen LogP contribution is -2.35. The van der Waals surface area contributed by atoms with Crippen LogP contribution < -0.4 is 0 Å². The molecule has 1 aliphatic carbocycles. The molecule has 0 N–H and O–H groups in total. The number of rotatable bonds is 5. The number of piperidine rings is 1. The van der Waals surface area contributed by atoms with Crippen LogP contribution in [0, 0.1) is 0 Å². The van der Waals surface area contributed by atoms with Gasteiger partial charge in [-0.25, -0.2) is 13.4 Å². The third-order valence-corrected chi connectivity index (χ3v) is 9.15. The van der Waals surface area contributed by atoms with E-state index in [9.17, 15) is 13.2 Å². The van der Waals surface area contributed by atoms with Crippen LogP contribution >= 0.6 is 11.8 Å². The maximum atomic E-state index is 13.0. The van der Waals surface area contributed by atoms with Crippen LogP contribution in [0.2, 0.25) is 0 Å². The summed E-state index contributed by atoms with van der Waals surface area (Å²) in [5, 5.41) is 0.770. The zero-order chi connectivity index (χ0) is 20.4. The molecule has 0 bridgehead atoms. The summed E-state index contributed by atoms with van der Waals surface area (Å²) >= 11 is 1.55. The van der Waals surface area contributed by atoms with Crippen molar-refractivity contribution in [1.82, 2.24) is 13.9 Å². The van der Waals surface area contributed by atoms with Crippen LogP contribution in [0.1, 0.15) is 58.3 Å². The van der Waals surface area contributed by atoms with E-state index in [1.165, 1.54) is 0 Å². The molecule has 1 atom stereocenters. The van der Waals surface area contributed by atoms with Gasteiger partial charge >= 0.3 is 0 Å². The van der Waals surface area contributed by atoms with E-state index in [4.69, 9.17) is 4.98 Å². The number of benzene rings is 1. The van der Waals surface area contributed by atoms with Gasteiger partial charge in [0.25, 0.3) is 0 Å². The summed E-state index contributed by atoms with van der Waals surface area (Å²) in [7, 11) is -3.48. The van der Waals surface area contributed by atoms with Gasteiger partial charge in [-0.15, -0.1) is 0 Å². The van der Waals surface area contributed by atoms with Gasteiger partial charge in [0.2, 0.25) is 10.0 Å². The largest absolute Gasteiger partial charge is 0.319 e. The smallest absolute Gasteiger partial charge is 0.243 e. The molecule has 1 aliphatic heterocycles. The molecular formula is C21H29N3O3S2. The molecule has 29 heavy (non-hydrogen) atoms. The van der Waals surface area contributed by atoms with E-state index in [0.29, 0.717) is 35.7 Å². The zero-order valence-corrected chi connectivity index (χ0v) is 18.6. The van der Waals surface area contributed by atoms with Crippen LogP contribution in [0.15, 0.2) is 28.3 Å². The van der Waals surface area contributed by atoms with Gasteiger partial charge in [0.05, 0.1) is 21.2 Å². The lowest BCUT2D eigenvalue weighted by Gasteiger charge is -2.25. The van der Waals surface area contributed by atoms with Crippen molar-refractivity contribution in [2.75, 3.05) is 13.1 Å². The minimum Gasteiger partial charge on any atom is -0.319 e. The molecule has 0 amide bonds. The molecular weight excluding hydrogens is 406 g/mol. The van der Waals surface area contributed by atoms with E-state index in [1.54, 1.807) is 28.2 Å². The highest BCUT2D eigenvalue weighted by Crippen LogP contribution is 2.33. The van der Waals surface area contributed by atoms with E-state index in [1.807, 2.05) is 6.07 Å². The van der Waals surface area contributed by atoms with Gasteiger partial charge in [-0.2, -0.15) is 4.31 Å². The van der Waals surface area contributed by atoms with Crippen LogP contribution in [0.5, 0.6) is 0 Å². The highest BCUT2D eigenvalue weighted by Gasteiger charge is 2.28. The number of hydrogen-bond donors (Lipinski definition) is 0. The summed E-state index contributed by atoms with van der Waals surface area (Å²) in [4.78, 5) is 17.5. The fourth-order valence-electron chi connectivity index (χ4n) is 4.28. The summed E-state index contributed by atoms with van der Waals surface area (Å²) in [5.74, 6) is 0.315. The lowest BCUT2D eigenvalue weighted by atomic mass is 10.2. The van der Waals surface area contributed by atoms with Crippen molar-refractivity contribution in [2.24, 2.45) is 0 Å². The molecule has 2 aromatic rings. The number of carbonyl (C=O) groups is 1. The van der Waals surface area contributed by atoms with Crippen LogP contribution in [-0.4, -0.2) is 46.4 Å². The number of nitrogens with zero attached hydrogens (tertiary/aromatic N) is 3. The first kappa shape index (κ1) is 20.9. The topological polar surface area (TPSA) is 72.3 Å². The van der Waals surface area contributed by atoms with Crippen LogP contribution in [0.4, 0.5) is 0 Å². The van der Waals surface area contributed by atoms with Crippen molar-refractivity contribution in [1.29, 1.82) is 0 Å². The quantitative estimate of drug-likeness (QED) is 0.658. The third-order valence-electron chi connectivity index (χ3n) is 5.95. The number of aryl methyl sites for hydroxylation is 1. The van der Waals surface area contributed by atoms with Crippen molar-refractivity contribution < 1.29 is 13.2 Å². The molecule has 2 fully saturated rings. The van der Waals surface area contributed by atoms with Crippen molar-refractivity contribution in [3.05, 3.63) is 18.2 Å². The molecule has 1 aromatic carbocycles. The molecule has 0 spiro atoms. The Bertz CT molecular complexity index is 994. The molecule has 158 valence electrons. The van der Waals surface area contributed by atoms with Gasteiger partial charge in [0.15, 0.2) is 5.16 Å². The van der Waals surface area contributed by atoms with Crippen LogP contribution in [-0.2, 0) is 21.4 Å². The highest BCUT2D eigenvalue weighted by atomic mass is 32.2. The van der Waals surface area contributed by atoms with Gasteiger partial charge in [0, 0.05) is 26.1 Å². The first-order chi connectivity index (χ1) is 14.0. The number of aromatic nitrogens is 2. The van der Waals surface area contributed by atoms with Crippen molar-refractivity contribution in [3.8, 4) is 0 Å². The van der Waals surface area contributed by atoms with Crippen molar-refractivity contribution in [3.63, 3.8) is 0 Å². The second-order valence-electron chi connectivity index (χ2n) is 7.93. The molecule has 8 heteroatoms. The third kappa shape index (κ3) is 4.25. The van der Waals surface area contributed by atoms with Gasteiger partial charge in [-0.05, 0) is 50.8 Å². The fraction of sp³-hybridized carbons (Fsp3) is 0.619. The normalized spacial score (nSPS) is 22.1. The number of carbonyl (C=O) groups excluding carboxylic acids is 1. The number of hydrogen-bond acceptors (Lipinski definition) is 5. The molecule has 4 rings (SSSR count). The first-order valence-electron chi connectivity index (χ1n) is 10.7. The highest BCUT2D eigenvalue weighted by molar-refractivity contribution is 8.00. The SMILES string of the molecule is CCn1c(S[C@@H]2CCCCCC2=O)nc2cc(S(=O)(=O)N3CCCCC3)ccc21. The number of sulfonamides is 1. The van der Waals surface area contributed by atoms with Gasteiger partial charge < -0.3 is 4.57 Å². The number of Topliss-reactive ketones (excluding diaryl/α,β-unsaturated/α-hetero) is 1. The summed E-state index contributed by atoms with van der Waals surface area (Å²) < 4.78 is 29.7. The summed E-state index contributed by atoms with van der Waals surface area (Å²) in [6.07, 6.45) is 7.65. The predicted octanol–water partition coefficient (Wildman–Crippen LogP) is 4.22. The lowest BCUT2D eigenvalue weighted by molar-refractivity contribution is -0.118. The number of thioether (sulfide) groups is 1. The second-order valence-corrected chi connectivity index (χ2v) is 11.0. The van der Waals surface area contributed by atoms with E-state index < -0.39 is 10.0 Å². The Morgan fingerprint density at radius 2 is 1.86 bits per heavy atom. The molecule has 0 radical (unpaired) electrons. The second kappa shape index (κ2) is 8.78. The number of ketones is 1. The Labute approximate surface area is 177 Å². The van der Waals surface area contributed by atoms with Crippen molar-refractivity contribution in [2.45, 2.75) is 80.1 Å². The molecule has 1 saturated heterocycles. The Kier molecular flexibility index (Phi) is 6.32. The minimum absolute atomic E-state index is 0.0452. The maximum absolute atomic E-state index is 13.0. The molecule has 2 heterocycles. The van der Waals surface area contributed by atoms with E-state index in [-0.39, 0.29) is 5.25 Å². The van der Waals surface area contributed by atoms with E-state index in [2.05, 4.69) is 11.5 Å². The minimum atomic E-state index is -3.48. The molecule has 1 aromatic heterocycles. The summed E-state index contributed by atoms with van der Waals surface area (Å²) in [6, 6.07) is 5.26. The standard InChI is InChI=1S/C21H29N3O3S2/c1-2-24-18-12-11-16(29(26,27)23-13-7-4-8-14-23)15-17(18)22-21(24)28-20-10-6-3-5-9-19(20)25/h11-12,15,20H,2-10,13-14H2,1H3/t20-/m1/s1. The van der Waals surface area contributed by atoms with Crippen LogP contribution in [0.25, 0.3) is 11.0 Å².